The third-order valence-electron chi connectivity index (χ3n) is 6.22. The van der Waals surface area contributed by atoms with Gasteiger partial charge in [-0.3, -0.25) is 9.30 Å². The molecule has 1 aliphatic rings. The zero-order valence-corrected chi connectivity index (χ0v) is 18.9. The van der Waals surface area contributed by atoms with Crippen LogP contribution in [0.25, 0.3) is 16.8 Å². The van der Waals surface area contributed by atoms with Gasteiger partial charge in [-0.1, -0.05) is 12.1 Å². The van der Waals surface area contributed by atoms with Crippen molar-refractivity contribution in [3.05, 3.63) is 77.9 Å². The molecule has 0 bridgehead atoms. The highest BCUT2D eigenvalue weighted by Crippen LogP contribution is 2.36. The Labute approximate surface area is 203 Å². The topological polar surface area (TPSA) is 106 Å². The molecule has 2 aromatic carbocycles. The highest BCUT2D eigenvalue weighted by molar-refractivity contribution is 5.85. The zero-order valence-electron chi connectivity index (χ0n) is 18.9. The number of nitrogen functional groups attached to an aromatic ring is 1. The second kappa shape index (κ2) is 9.06. The molecule has 8 nitrogen and oxygen atoms in total. The largest absolute Gasteiger partial charge is 0.489 e. The number of fused-ring (bicyclic) bond motifs is 1. The second-order valence-corrected chi connectivity index (χ2v) is 8.49. The van der Waals surface area contributed by atoms with Crippen LogP contribution in [0.3, 0.4) is 0 Å². The van der Waals surface area contributed by atoms with Gasteiger partial charge in [-0.2, -0.15) is 13.2 Å². The van der Waals surface area contributed by atoms with E-state index in [1.807, 2.05) is 0 Å². The number of nitrogens with zero attached hydrogens (tertiary/aromatic N) is 4. The lowest BCUT2D eigenvalue weighted by Gasteiger charge is -2.20. The maximum atomic E-state index is 12.7. The Morgan fingerprint density at radius 1 is 1.14 bits per heavy atom. The quantitative estimate of drug-likeness (QED) is 0.383. The number of rotatable bonds is 5. The number of alkyl halides is 3. The Morgan fingerprint density at radius 3 is 2.53 bits per heavy atom. The minimum atomic E-state index is -4.38. The molecule has 0 unspecified atom stereocenters. The molecule has 1 atom stereocenters. The van der Waals surface area contributed by atoms with Crippen LogP contribution in [0.5, 0.6) is 5.75 Å². The van der Waals surface area contributed by atoms with E-state index >= 15 is 0 Å². The fraction of sp³-hybridized carbons (Fsp3) is 0.240. The highest BCUT2D eigenvalue weighted by atomic mass is 19.4. The van der Waals surface area contributed by atoms with Crippen molar-refractivity contribution in [1.29, 1.82) is 0 Å². The Morgan fingerprint density at radius 2 is 1.86 bits per heavy atom. The molecule has 0 saturated carbocycles. The normalized spacial score (nSPS) is 16.0. The van der Waals surface area contributed by atoms with Gasteiger partial charge in [0, 0.05) is 24.5 Å². The number of benzene rings is 2. The predicted octanol–water partition coefficient (Wildman–Crippen LogP) is 5.39. The summed E-state index contributed by atoms with van der Waals surface area (Å²) in [7, 11) is 0. The molecule has 1 fully saturated rings. The molecule has 0 aliphatic carbocycles. The van der Waals surface area contributed by atoms with Crippen molar-refractivity contribution in [3.8, 4) is 17.0 Å². The summed E-state index contributed by atoms with van der Waals surface area (Å²) in [5, 5.41) is 9.60. The lowest BCUT2D eigenvalue weighted by atomic mass is 10.1. The van der Waals surface area contributed by atoms with Crippen LogP contribution < -0.4 is 10.5 Å². The Bertz CT molecular complexity index is 1400. The van der Waals surface area contributed by atoms with Crippen LogP contribution in [-0.2, 0) is 12.8 Å². The van der Waals surface area contributed by atoms with E-state index in [2.05, 4.69) is 4.98 Å². The van der Waals surface area contributed by atoms with Gasteiger partial charge in [0.15, 0.2) is 0 Å². The van der Waals surface area contributed by atoms with E-state index in [1.54, 1.807) is 41.1 Å². The number of aromatic nitrogens is 3. The maximum absolute atomic E-state index is 12.7. The van der Waals surface area contributed by atoms with Crippen molar-refractivity contribution in [2.45, 2.75) is 31.7 Å². The van der Waals surface area contributed by atoms with Crippen molar-refractivity contribution in [2.24, 2.45) is 0 Å². The summed E-state index contributed by atoms with van der Waals surface area (Å²) < 4.78 is 45.7. The molecular formula is C25H22F3N5O3. The summed E-state index contributed by atoms with van der Waals surface area (Å²) in [6.45, 7) is 0.550. The maximum Gasteiger partial charge on any atom is 0.416 e. The van der Waals surface area contributed by atoms with Gasteiger partial charge in [0.05, 0.1) is 11.6 Å². The second-order valence-electron chi connectivity index (χ2n) is 8.49. The third-order valence-corrected chi connectivity index (χ3v) is 6.22. The van der Waals surface area contributed by atoms with Crippen LogP contribution in [0.4, 0.5) is 23.8 Å². The zero-order chi connectivity index (χ0) is 25.4. The van der Waals surface area contributed by atoms with Gasteiger partial charge >= 0.3 is 12.3 Å². The molecule has 36 heavy (non-hydrogen) atoms. The smallest absolute Gasteiger partial charge is 0.416 e. The molecule has 0 radical (unpaired) electrons. The fourth-order valence-electron chi connectivity index (χ4n) is 4.45. The van der Waals surface area contributed by atoms with Gasteiger partial charge in [-0.05, 0) is 54.8 Å². The van der Waals surface area contributed by atoms with Crippen molar-refractivity contribution in [1.82, 2.24) is 19.3 Å². The van der Waals surface area contributed by atoms with E-state index in [0.717, 1.165) is 24.1 Å². The number of likely N-dealkylation sites (tertiary alicyclic amines) is 1. The van der Waals surface area contributed by atoms with Gasteiger partial charge in [0.25, 0.3) is 0 Å². The Balaban J connectivity index is 1.39. The molecular weight excluding hydrogens is 475 g/mol. The first-order valence-corrected chi connectivity index (χ1v) is 11.2. The van der Waals surface area contributed by atoms with Crippen LogP contribution in [-0.4, -0.2) is 37.0 Å². The van der Waals surface area contributed by atoms with Crippen LogP contribution >= 0.6 is 0 Å². The molecule has 0 spiro atoms. The minimum absolute atomic E-state index is 0.110. The molecule has 1 saturated heterocycles. The van der Waals surface area contributed by atoms with Crippen molar-refractivity contribution < 1.29 is 27.8 Å². The number of nitrogens with two attached hydrogens (primary N) is 1. The molecule has 1 amide bonds. The van der Waals surface area contributed by atoms with Crippen LogP contribution in [0.15, 0.2) is 60.9 Å². The highest BCUT2D eigenvalue weighted by Gasteiger charge is 2.34. The predicted molar refractivity (Wildman–Crippen MR) is 125 cm³/mol. The summed E-state index contributed by atoms with van der Waals surface area (Å²) in [6, 6.07) is 11.5. The van der Waals surface area contributed by atoms with Crippen LogP contribution in [0.1, 0.15) is 35.8 Å². The minimum Gasteiger partial charge on any atom is -0.489 e. The number of imidazole rings is 1. The first-order chi connectivity index (χ1) is 17.2. The van der Waals surface area contributed by atoms with Gasteiger partial charge in [0.2, 0.25) is 0 Å². The molecule has 3 heterocycles. The SMILES string of the molecule is Nc1nccn2c([C@@H]3CCCN3C(=O)O)nc(-c3ccc(OCc4ccc(C(F)(F)F)cc4)cc3)c12. The van der Waals surface area contributed by atoms with Gasteiger partial charge in [0.1, 0.15) is 35.2 Å². The summed E-state index contributed by atoms with van der Waals surface area (Å²) in [5.74, 6) is 1.38. The molecule has 3 N–H and O–H groups in total. The van der Waals surface area contributed by atoms with Crippen molar-refractivity contribution >= 4 is 17.4 Å². The van der Waals surface area contributed by atoms with Crippen molar-refractivity contribution in [3.63, 3.8) is 0 Å². The van der Waals surface area contributed by atoms with Gasteiger partial charge < -0.3 is 15.6 Å². The molecule has 186 valence electrons. The number of hydrogen-bond acceptors (Lipinski definition) is 5. The van der Waals surface area contributed by atoms with Gasteiger partial charge in [-0.15, -0.1) is 0 Å². The first kappa shape index (κ1) is 23.5. The van der Waals surface area contributed by atoms with Crippen LogP contribution in [0, 0.1) is 0 Å². The summed E-state index contributed by atoms with van der Waals surface area (Å²) >= 11 is 0. The standard InChI is InChI=1S/C25H22F3N5O3/c26-25(27,28)17-7-3-15(4-8-17)14-36-18-9-5-16(6-10-18)20-21-22(29)30-11-13-33(21)23(31-20)19-2-1-12-32(19)24(34)35/h3-11,13,19H,1-2,12,14H2,(H2,29,30)(H,34,35)/t19-/m0/s1. The fourth-order valence-corrected chi connectivity index (χ4v) is 4.45. The number of anilines is 1. The molecule has 11 heteroatoms. The van der Waals surface area contributed by atoms with Gasteiger partial charge in [-0.25, -0.2) is 14.8 Å². The van der Waals surface area contributed by atoms with Crippen molar-refractivity contribution in [2.75, 3.05) is 12.3 Å². The van der Waals surface area contributed by atoms with E-state index < -0.39 is 23.9 Å². The third kappa shape index (κ3) is 4.39. The number of amides is 1. The number of carboxylic acid groups (broad SMARTS) is 1. The summed E-state index contributed by atoms with van der Waals surface area (Å²) in [5.41, 5.74) is 7.98. The molecule has 1 aliphatic heterocycles. The van der Waals surface area contributed by atoms with E-state index in [9.17, 15) is 23.1 Å². The Hall–Kier alpha value is -4.28. The Kier molecular flexibility index (Phi) is 5.91. The number of carbonyl (C=O) groups is 1. The average Bonchev–Trinajstić information content (AvgIpc) is 3.49. The van der Waals surface area contributed by atoms with E-state index in [1.165, 1.54) is 17.0 Å². The van der Waals surface area contributed by atoms with E-state index in [0.29, 0.717) is 41.3 Å². The van der Waals surface area contributed by atoms with Crippen LogP contribution in [0.2, 0.25) is 0 Å². The number of hydrogen-bond donors (Lipinski definition) is 2. The average molecular weight is 497 g/mol. The lowest BCUT2D eigenvalue weighted by molar-refractivity contribution is -0.137. The first-order valence-electron chi connectivity index (χ1n) is 11.2. The lowest BCUT2D eigenvalue weighted by Crippen LogP contribution is -2.29. The van der Waals surface area contributed by atoms with E-state index in [4.69, 9.17) is 15.5 Å². The monoisotopic (exact) mass is 497 g/mol. The summed E-state index contributed by atoms with van der Waals surface area (Å²) in [6.07, 6.45) is -0.703. The molecule has 5 rings (SSSR count). The summed E-state index contributed by atoms with van der Waals surface area (Å²) in [4.78, 5) is 22.1. The molecule has 2 aromatic heterocycles. The molecule has 4 aromatic rings. The van der Waals surface area contributed by atoms with E-state index in [-0.39, 0.29) is 12.4 Å². The number of ether oxygens (including phenoxy) is 1. The number of halogens is 3.